The van der Waals surface area contributed by atoms with Gasteiger partial charge in [0.1, 0.15) is 5.75 Å². The molecule has 1 N–H and O–H groups in total. The highest BCUT2D eigenvalue weighted by atomic mass is 16.5. The lowest BCUT2D eigenvalue weighted by molar-refractivity contribution is 0.168. The molecule has 0 saturated carbocycles. The smallest absolute Gasteiger partial charge is 0.119 e. The highest BCUT2D eigenvalue weighted by Gasteiger charge is 2.18. The van der Waals surface area contributed by atoms with E-state index < -0.39 is 0 Å². The topological polar surface area (TPSA) is 24.5 Å². The molecule has 2 rings (SSSR count). The summed E-state index contributed by atoms with van der Waals surface area (Å²) in [5, 5.41) is 3.56. The zero-order valence-electron chi connectivity index (χ0n) is 13.6. The van der Waals surface area contributed by atoms with E-state index in [0.717, 1.165) is 31.2 Å². The van der Waals surface area contributed by atoms with Gasteiger partial charge in [-0.2, -0.15) is 0 Å². The number of nitrogens with zero attached hydrogens (tertiary/aromatic N) is 1. The van der Waals surface area contributed by atoms with E-state index in [-0.39, 0.29) is 0 Å². The average Bonchev–Trinajstić information content (AvgIpc) is 2.52. The highest BCUT2D eigenvalue weighted by Crippen LogP contribution is 2.17. The van der Waals surface area contributed by atoms with Crippen LogP contribution in [0.15, 0.2) is 30.3 Å². The molecule has 21 heavy (non-hydrogen) atoms. The maximum atomic E-state index is 5.75. The predicted octanol–water partition coefficient (Wildman–Crippen LogP) is 3.17. The van der Waals surface area contributed by atoms with Crippen LogP contribution in [0.5, 0.6) is 5.75 Å². The summed E-state index contributed by atoms with van der Waals surface area (Å²) in [4.78, 5) is 2.58. The van der Waals surface area contributed by atoms with Crippen molar-refractivity contribution >= 4 is 0 Å². The molecule has 0 amide bonds. The van der Waals surface area contributed by atoms with Crippen LogP contribution >= 0.6 is 0 Å². The van der Waals surface area contributed by atoms with Crippen LogP contribution in [0, 0.1) is 5.92 Å². The van der Waals surface area contributed by atoms with Gasteiger partial charge in [-0.15, -0.1) is 0 Å². The van der Waals surface area contributed by atoms with Crippen LogP contribution in [-0.2, 0) is 0 Å². The van der Waals surface area contributed by atoms with Gasteiger partial charge in [-0.05, 0) is 56.9 Å². The van der Waals surface area contributed by atoms with Gasteiger partial charge in [0.05, 0.1) is 6.61 Å². The number of hydrogen-bond donors (Lipinski definition) is 1. The van der Waals surface area contributed by atoms with E-state index in [1.807, 2.05) is 30.3 Å². The van der Waals surface area contributed by atoms with Crippen molar-refractivity contribution < 1.29 is 4.74 Å². The number of para-hydroxylation sites is 1. The molecule has 118 valence electrons. The minimum atomic E-state index is 0.609. The summed E-state index contributed by atoms with van der Waals surface area (Å²) in [5.41, 5.74) is 0. The van der Waals surface area contributed by atoms with Crippen LogP contribution in [0.4, 0.5) is 0 Å². The molecule has 0 bridgehead atoms. The Bertz CT molecular complexity index is 372. The number of nitrogens with one attached hydrogen (secondary N) is 1. The van der Waals surface area contributed by atoms with Crippen molar-refractivity contribution in [1.82, 2.24) is 10.2 Å². The summed E-state index contributed by atoms with van der Waals surface area (Å²) in [6.45, 7) is 10.1. The van der Waals surface area contributed by atoms with Crippen molar-refractivity contribution in [2.45, 2.75) is 39.2 Å². The zero-order valence-corrected chi connectivity index (χ0v) is 13.6. The molecule has 1 fully saturated rings. The Hall–Kier alpha value is -1.06. The summed E-state index contributed by atoms with van der Waals surface area (Å²) in [6.07, 6.45) is 3.78. The van der Waals surface area contributed by atoms with Crippen LogP contribution in [0.1, 0.15) is 33.1 Å². The van der Waals surface area contributed by atoms with Crippen molar-refractivity contribution in [3.05, 3.63) is 30.3 Å². The first-order valence-corrected chi connectivity index (χ1v) is 8.37. The molecule has 1 aliphatic heterocycles. The second-order valence-corrected chi connectivity index (χ2v) is 6.36. The van der Waals surface area contributed by atoms with Crippen molar-refractivity contribution in [3.63, 3.8) is 0 Å². The van der Waals surface area contributed by atoms with Gasteiger partial charge in [-0.25, -0.2) is 0 Å². The van der Waals surface area contributed by atoms with Crippen LogP contribution in [0.3, 0.4) is 0 Å². The molecule has 1 saturated heterocycles. The number of piperidine rings is 1. The molecular formula is C18H30N2O. The molecule has 0 atom stereocenters. The molecule has 1 aliphatic rings. The third kappa shape index (κ3) is 6.49. The van der Waals surface area contributed by atoms with E-state index in [4.69, 9.17) is 4.74 Å². The van der Waals surface area contributed by atoms with Gasteiger partial charge in [0.2, 0.25) is 0 Å². The molecule has 0 unspecified atom stereocenters. The monoisotopic (exact) mass is 290 g/mol. The van der Waals surface area contributed by atoms with Gasteiger partial charge in [0.15, 0.2) is 0 Å². The highest BCUT2D eigenvalue weighted by molar-refractivity contribution is 5.20. The fraction of sp³-hybridized carbons (Fsp3) is 0.667. The van der Waals surface area contributed by atoms with E-state index in [9.17, 15) is 0 Å². The number of benzene rings is 1. The molecule has 0 spiro atoms. The van der Waals surface area contributed by atoms with Gasteiger partial charge in [0, 0.05) is 12.6 Å². The first-order valence-electron chi connectivity index (χ1n) is 8.37. The molecule has 1 aromatic rings. The van der Waals surface area contributed by atoms with Gasteiger partial charge in [-0.3, -0.25) is 0 Å². The first-order chi connectivity index (χ1) is 10.2. The van der Waals surface area contributed by atoms with Crippen LogP contribution in [0.25, 0.3) is 0 Å². The second-order valence-electron chi connectivity index (χ2n) is 6.36. The van der Waals surface area contributed by atoms with Crippen LogP contribution < -0.4 is 10.1 Å². The van der Waals surface area contributed by atoms with Gasteiger partial charge < -0.3 is 15.0 Å². The van der Waals surface area contributed by atoms with Gasteiger partial charge in [0.25, 0.3) is 0 Å². The van der Waals surface area contributed by atoms with Crippen LogP contribution in [0.2, 0.25) is 0 Å². The van der Waals surface area contributed by atoms with Crippen LogP contribution in [-0.4, -0.2) is 43.7 Å². The Labute approximate surface area is 129 Å². The van der Waals surface area contributed by atoms with E-state index in [2.05, 4.69) is 24.1 Å². The second kappa shape index (κ2) is 9.06. The maximum Gasteiger partial charge on any atom is 0.119 e. The molecule has 0 aromatic heterocycles. The van der Waals surface area contributed by atoms with Gasteiger partial charge in [-0.1, -0.05) is 32.0 Å². The Morgan fingerprint density at radius 2 is 1.90 bits per heavy atom. The molecular weight excluding hydrogens is 260 g/mol. The normalized spacial score (nSPS) is 17.3. The quantitative estimate of drug-likeness (QED) is 0.744. The first kappa shape index (κ1) is 16.3. The SMILES string of the molecule is CC(C)NCC1CCN(CCCOc2ccccc2)CC1. The van der Waals surface area contributed by atoms with E-state index in [0.29, 0.717) is 6.04 Å². The van der Waals surface area contributed by atoms with Crippen molar-refractivity contribution in [3.8, 4) is 5.75 Å². The molecule has 1 heterocycles. The standard InChI is InChI=1S/C18H30N2O/c1-16(2)19-15-17-9-12-20(13-10-17)11-6-14-21-18-7-4-3-5-8-18/h3-5,7-8,16-17,19H,6,9-15H2,1-2H3. The molecule has 3 nitrogen and oxygen atoms in total. The molecule has 1 aromatic carbocycles. The van der Waals surface area contributed by atoms with Gasteiger partial charge >= 0.3 is 0 Å². The maximum absolute atomic E-state index is 5.75. The van der Waals surface area contributed by atoms with Crippen molar-refractivity contribution in [1.29, 1.82) is 0 Å². The molecule has 0 radical (unpaired) electrons. The van der Waals surface area contributed by atoms with Crippen molar-refractivity contribution in [2.75, 3.05) is 32.8 Å². The average molecular weight is 290 g/mol. The lowest BCUT2D eigenvalue weighted by atomic mass is 9.96. The zero-order chi connectivity index (χ0) is 14.9. The summed E-state index contributed by atoms with van der Waals surface area (Å²) in [7, 11) is 0. The Morgan fingerprint density at radius 3 is 2.57 bits per heavy atom. The third-order valence-corrected chi connectivity index (χ3v) is 4.15. The summed E-state index contributed by atoms with van der Waals surface area (Å²) in [5.74, 6) is 1.85. The summed E-state index contributed by atoms with van der Waals surface area (Å²) >= 11 is 0. The third-order valence-electron chi connectivity index (χ3n) is 4.15. The Kier molecular flexibility index (Phi) is 7.04. The predicted molar refractivity (Wildman–Crippen MR) is 88.9 cm³/mol. The minimum absolute atomic E-state index is 0.609. The molecule has 3 heteroatoms. The molecule has 0 aliphatic carbocycles. The van der Waals surface area contributed by atoms with E-state index in [1.165, 1.54) is 32.5 Å². The Balaban J connectivity index is 1.53. The number of rotatable bonds is 8. The fourth-order valence-electron chi connectivity index (χ4n) is 2.81. The van der Waals surface area contributed by atoms with Crippen molar-refractivity contribution in [2.24, 2.45) is 5.92 Å². The minimum Gasteiger partial charge on any atom is -0.494 e. The largest absolute Gasteiger partial charge is 0.494 e. The Morgan fingerprint density at radius 1 is 1.19 bits per heavy atom. The lowest BCUT2D eigenvalue weighted by Gasteiger charge is -2.32. The summed E-state index contributed by atoms with van der Waals surface area (Å²) in [6, 6.07) is 10.7. The summed E-state index contributed by atoms with van der Waals surface area (Å²) < 4.78 is 5.75. The number of hydrogen-bond acceptors (Lipinski definition) is 3. The number of ether oxygens (including phenoxy) is 1. The van der Waals surface area contributed by atoms with E-state index in [1.54, 1.807) is 0 Å². The lowest BCUT2D eigenvalue weighted by Crippen LogP contribution is -2.39. The fourth-order valence-corrected chi connectivity index (χ4v) is 2.81. The number of likely N-dealkylation sites (tertiary alicyclic amines) is 1. The van der Waals surface area contributed by atoms with E-state index >= 15 is 0 Å².